The molecule has 0 aromatic heterocycles. The second-order valence-corrected chi connectivity index (χ2v) is 7.35. The lowest BCUT2D eigenvalue weighted by atomic mass is 9.78. The van der Waals surface area contributed by atoms with E-state index in [1.807, 2.05) is 13.0 Å². The number of carbonyl (C=O) groups excluding carboxylic acids is 2. The van der Waals surface area contributed by atoms with Crippen LogP contribution in [0.2, 0.25) is 5.02 Å². The summed E-state index contributed by atoms with van der Waals surface area (Å²) in [7, 11) is 0. The third-order valence-electron chi connectivity index (χ3n) is 4.98. The molecule has 1 fully saturated rings. The number of hydrogen-bond donors (Lipinski definition) is 2. The van der Waals surface area contributed by atoms with Crippen molar-refractivity contribution in [2.24, 2.45) is 11.8 Å². The molecule has 1 aromatic carbocycles. The second kappa shape index (κ2) is 9.20. The van der Waals surface area contributed by atoms with Crippen LogP contribution < -0.4 is 10.6 Å². The van der Waals surface area contributed by atoms with E-state index in [1.54, 1.807) is 12.1 Å². The number of benzene rings is 1. The number of aryl methyl sites for hydroxylation is 1. The Morgan fingerprint density at radius 3 is 2.64 bits per heavy atom. The van der Waals surface area contributed by atoms with Crippen LogP contribution in [0.3, 0.4) is 0 Å². The Balaban J connectivity index is 1.69. The molecule has 0 unspecified atom stereocenters. The molecule has 1 aliphatic rings. The smallest absolute Gasteiger partial charge is 0.250 e. The van der Waals surface area contributed by atoms with Gasteiger partial charge in [0, 0.05) is 16.8 Å². The highest BCUT2D eigenvalue weighted by Crippen LogP contribution is 2.29. The molecule has 0 saturated heterocycles. The van der Waals surface area contributed by atoms with Crippen LogP contribution in [0.5, 0.6) is 0 Å². The maximum atomic E-state index is 12.0. The molecule has 2 N–H and O–H groups in total. The molecule has 138 valence electrons. The van der Waals surface area contributed by atoms with Crippen LogP contribution >= 0.6 is 11.6 Å². The minimum absolute atomic E-state index is 0.111. The SMILES string of the molecule is Cc1ccc(NC(=O)COCC(=O)N[C@H]2CCC[C@H](C)[C@H]2C)cc1Cl. The lowest BCUT2D eigenvalue weighted by Crippen LogP contribution is -2.45. The molecule has 1 aliphatic carbocycles. The van der Waals surface area contributed by atoms with Crippen molar-refractivity contribution in [1.82, 2.24) is 5.32 Å². The topological polar surface area (TPSA) is 67.4 Å². The molecular formula is C19H27ClN2O3. The maximum Gasteiger partial charge on any atom is 0.250 e. The van der Waals surface area contributed by atoms with Crippen molar-refractivity contribution < 1.29 is 14.3 Å². The molecule has 0 radical (unpaired) electrons. The van der Waals surface area contributed by atoms with Gasteiger partial charge < -0.3 is 15.4 Å². The minimum atomic E-state index is -0.313. The second-order valence-electron chi connectivity index (χ2n) is 6.95. The number of nitrogens with one attached hydrogen (secondary N) is 2. The summed E-state index contributed by atoms with van der Waals surface area (Å²) < 4.78 is 5.23. The van der Waals surface area contributed by atoms with Crippen molar-refractivity contribution in [3.8, 4) is 0 Å². The Kier molecular flexibility index (Phi) is 7.26. The Morgan fingerprint density at radius 2 is 1.92 bits per heavy atom. The van der Waals surface area contributed by atoms with E-state index in [-0.39, 0.29) is 31.1 Å². The van der Waals surface area contributed by atoms with Crippen LogP contribution in [0.25, 0.3) is 0 Å². The Bertz CT molecular complexity index is 621. The average Bonchev–Trinajstić information content (AvgIpc) is 2.55. The van der Waals surface area contributed by atoms with Gasteiger partial charge in [-0.05, 0) is 42.9 Å². The molecule has 1 saturated carbocycles. The zero-order valence-corrected chi connectivity index (χ0v) is 15.9. The molecular weight excluding hydrogens is 340 g/mol. The molecule has 1 aromatic rings. The van der Waals surface area contributed by atoms with E-state index in [9.17, 15) is 9.59 Å². The third-order valence-corrected chi connectivity index (χ3v) is 5.38. The molecule has 3 atom stereocenters. The first kappa shape index (κ1) is 19.7. The van der Waals surface area contributed by atoms with E-state index < -0.39 is 0 Å². The quantitative estimate of drug-likeness (QED) is 0.809. The predicted octanol–water partition coefficient (Wildman–Crippen LogP) is 3.54. The molecule has 0 heterocycles. The van der Waals surface area contributed by atoms with Gasteiger partial charge in [-0.2, -0.15) is 0 Å². The Morgan fingerprint density at radius 1 is 1.20 bits per heavy atom. The minimum Gasteiger partial charge on any atom is -0.362 e. The van der Waals surface area contributed by atoms with Crippen LogP contribution in [0.1, 0.15) is 38.7 Å². The zero-order valence-electron chi connectivity index (χ0n) is 15.1. The molecule has 6 heteroatoms. The normalized spacial score (nSPS) is 23.1. The van der Waals surface area contributed by atoms with Crippen molar-refractivity contribution in [1.29, 1.82) is 0 Å². The number of anilines is 1. The van der Waals surface area contributed by atoms with Gasteiger partial charge in [0.25, 0.3) is 0 Å². The van der Waals surface area contributed by atoms with Crippen LogP contribution in [0, 0.1) is 18.8 Å². The maximum absolute atomic E-state index is 12.0. The monoisotopic (exact) mass is 366 g/mol. The highest BCUT2D eigenvalue weighted by molar-refractivity contribution is 6.31. The third kappa shape index (κ3) is 6.01. The summed E-state index contributed by atoms with van der Waals surface area (Å²) in [6, 6.07) is 5.49. The Labute approximate surface area is 154 Å². The first-order valence-corrected chi connectivity index (χ1v) is 9.17. The molecule has 5 nitrogen and oxygen atoms in total. The van der Waals surface area contributed by atoms with E-state index in [2.05, 4.69) is 24.5 Å². The summed E-state index contributed by atoms with van der Waals surface area (Å²) in [5.41, 5.74) is 1.55. The van der Waals surface area contributed by atoms with Gasteiger partial charge in [-0.3, -0.25) is 9.59 Å². The van der Waals surface area contributed by atoms with Gasteiger partial charge in [-0.15, -0.1) is 0 Å². The zero-order chi connectivity index (χ0) is 18.4. The van der Waals surface area contributed by atoms with Gasteiger partial charge >= 0.3 is 0 Å². The van der Waals surface area contributed by atoms with Crippen molar-refractivity contribution in [2.45, 2.75) is 46.1 Å². The predicted molar refractivity (Wildman–Crippen MR) is 99.7 cm³/mol. The summed E-state index contributed by atoms with van der Waals surface area (Å²) >= 11 is 6.02. The van der Waals surface area contributed by atoms with Gasteiger partial charge in [0.1, 0.15) is 13.2 Å². The van der Waals surface area contributed by atoms with Gasteiger partial charge in [0.2, 0.25) is 11.8 Å². The van der Waals surface area contributed by atoms with Gasteiger partial charge in [-0.25, -0.2) is 0 Å². The van der Waals surface area contributed by atoms with Gasteiger partial charge in [0.15, 0.2) is 0 Å². The summed E-state index contributed by atoms with van der Waals surface area (Å²) in [4.78, 5) is 23.9. The summed E-state index contributed by atoms with van der Waals surface area (Å²) in [6.07, 6.45) is 3.36. The van der Waals surface area contributed by atoms with E-state index in [0.29, 0.717) is 22.5 Å². The Hall–Kier alpha value is -1.59. The van der Waals surface area contributed by atoms with Crippen LogP contribution in [0.4, 0.5) is 5.69 Å². The van der Waals surface area contributed by atoms with Crippen molar-refractivity contribution >= 4 is 29.1 Å². The lowest BCUT2D eigenvalue weighted by molar-refractivity contribution is -0.129. The molecule has 0 aliphatic heterocycles. The number of ether oxygens (including phenoxy) is 1. The largest absolute Gasteiger partial charge is 0.362 e. The molecule has 2 amide bonds. The lowest BCUT2D eigenvalue weighted by Gasteiger charge is -2.34. The van der Waals surface area contributed by atoms with Crippen molar-refractivity contribution in [2.75, 3.05) is 18.5 Å². The summed E-state index contributed by atoms with van der Waals surface area (Å²) in [5.74, 6) is 0.601. The number of amides is 2. The van der Waals surface area contributed by atoms with E-state index in [4.69, 9.17) is 16.3 Å². The summed E-state index contributed by atoms with van der Waals surface area (Å²) in [6.45, 7) is 6.01. The van der Waals surface area contributed by atoms with E-state index in [1.165, 1.54) is 6.42 Å². The van der Waals surface area contributed by atoms with E-state index >= 15 is 0 Å². The number of hydrogen-bond acceptors (Lipinski definition) is 3. The fourth-order valence-corrected chi connectivity index (χ4v) is 3.32. The molecule has 2 rings (SSSR count). The first-order chi connectivity index (χ1) is 11.9. The summed E-state index contributed by atoms with van der Waals surface area (Å²) in [5, 5.41) is 6.31. The number of carbonyl (C=O) groups is 2. The van der Waals surface area contributed by atoms with Crippen molar-refractivity contribution in [3.63, 3.8) is 0 Å². The van der Waals surface area contributed by atoms with Crippen LogP contribution in [0.15, 0.2) is 18.2 Å². The molecule has 0 spiro atoms. The molecule has 0 bridgehead atoms. The standard InChI is InChI=1S/C19H27ClN2O3/c1-12-5-4-6-17(14(12)3)22-19(24)11-25-10-18(23)21-15-8-7-13(2)16(20)9-15/h7-9,12,14,17H,4-6,10-11H2,1-3H3,(H,21,23)(H,22,24)/t12-,14+,17-/m0/s1. The fourth-order valence-electron chi connectivity index (χ4n) is 3.14. The molecule has 25 heavy (non-hydrogen) atoms. The first-order valence-electron chi connectivity index (χ1n) is 8.80. The van der Waals surface area contributed by atoms with E-state index in [0.717, 1.165) is 18.4 Å². The van der Waals surface area contributed by atoms with Gasteiger partial charge in [-0.1, -0.05) is 44.4 Å². The van der Waals surface area contributed by atoms with Crippen molar-refractivity contribution in [3.05, 3.63) is 28.8 Å². The number of rotatable bonds is 6. The average molecular weight is 367 g/mol. The fraction of sp³-hybridized carbons (Fsp3) is 0.579. The number of halogens is 1. The highest BCUT2D eigenvalue weighted by Gasteiger charge is 2.28. The van der Waals surface area contributed by atoms with Gasteiger partial charge in [0.05, 0.1) is 0 Å². The van der Waals surface area contributed by atoms with Crippen LogP contribution in [-0.2, 0) is 14.3 Å². The van der Waals surface area contributed by atoms with Crippen LogP contribution in [-0.4, -0.2) is 31.1 Å². The highest BCUT2D eigenvalue weighted by atomic mass is 35.5.